The van der Waals surface area contributed by atoms with Crippen molar-refractivity contribution in [3.8, 4) is 0 Å². The van der Waals surface area contributed by atoms with Crippen molar-refractivity contribution in [3.05, 3.63) is 67.5 Å². The number of hydrogen-bond donors (Lipinski definition) is 1. The summed E-state index contributed by atoms with van der Waals surface area (Å²) in [5.74, 6) is -0.582. The van der Waals surface area contributed by atoms with Crippen molar-refractivity contribution in [2.24, 2.45) is 0 Å². The van der Waals surface area contributed by atoms with Crippen LogP contribution >= 0.6 is 22.7 Å². The van der Waals surface area contributed by atoms with Gasteiger partial charge in [0.15, 0.2) is 0 Å². The molecule has 10 heteroatoms. The van der Waals surface area contributed by atoms with Crippen molar-refractivity contribution >= 4 is 46.0 Å². The first-order chi connectivity index (χ1) is 19.5. The van der Waals surface area contributed by atoms with E-state index in [2.05, 4.69) is 22.3 Å². The zero-order chi connectivity index (χ0) is 27.7. The third-order valence-corrected chi connectivity index (χ3v) is 10.5. The minimum absolute atomic E-state index is 0.191. The summed E-state index contributed by atoms with van der Waals surface area (Å²) in [5, 5.41) is 24.0. The number of aldehydes is 1. The number of thiophene rings is 2. The summed E-state index contributed by atoms with van der Waals surface area (Å²) in [6, 6.07) is 9.57. The van der Waals surface area contributed by atoms with Gasteiger partial charge in [-0.2, -0.15) is 0 Å². The molecule has 2 aliphatic rings. The predicted molar refractivity (Wildman–Crippen MR) is 156 cm³/mol. The molecule has 1 N–H and O–H groups in total. The van der Waals surface area contributed by atoms with E-state index >= 15 is 0 Å². The quantitative estimate of drug-likeness (QED) is 0.210. The molecular weight excluding hydrogens is 544 g/mol. The zero-order valence-electron chi connectivity index (χ0n) is 22.6. The number of aromatic nitrogens is 3. The van der Waals surface area contributed by atoms with Crippen LogP contribution in [0.1, 0.15) is 69.8 Å². The number of fused-ring (bicyclic) bond motifs is 3. The normalized spacial score (nSPS) is 19.3. The molecule has 0 atom stereocenters. The molecule has 0 unspecified atom stereocenters. The summed E-state index contributed by atoms with van der Waals surface area (Å²) in [6.45, 7) is 1.71. The summed E-state index contributed by atoms with van der Waals surface area (Å²) >= 11 is 2.72. The van der Waals surface area contributed by atoms with Gasteiger partial charge in [-0.15, -0.1) is 27.8 Å². The number of carbonyl (C=O) groups is 2. The van der Waals surface area contributed by atoms with Gasteiger partial charge in [0.25, 0.3) is 0 Å². The van der Waals surface area contributed by atoms with Crippen LogP contribution in [-0.4, -0.2) is 63.0 Å². The first-order valence-corrected chi connectivity index (χ1v) is 15.8. The summed E-state index contributed by atoms with van der Waals surface area (Å²) in [4.78, 5) is 28.4. The van der Waals surface area contributed by atoms with Crippen LogP contribution in [0.2, 0.25) is 0 Å². The van der Waals surface area contributed by atoms with E-state index in [9.17, 15) is 14.7 Å². The van der Waals surface area contributed by atoms with Crippen molar-refractivity contribution in [1.29, 1.82) is 0 Å². The Morgan fingerprint density at radius 3 is 2.50 bits per heavy atom. The molecule has 8 nitrogen and oxygen atoms in total. The molecule has 40 heavy (non-hydrogen) atoms. The maximum Gasteiger partial charge on any atom is 0.349 e. The number of ether oxygens (including phenoxy) is 1. The SMILES string of the molecule is CN(CCCn1nnc2cc(C=O)c3c(c21)CCC3)C1CCC(OC(=O)C(O)(c2cccs2)c2cccs2)CC1. The molecule has 0 radical (unpaired) electrons. The fourth-order valence-corrected chi connectivity index (χ4v) is 8.05. The molecule has 0 aliphatic heterocycles. The molecule has 1 saturated carbocycles. The van der Waals surface area contributed by atoms with Crippen LogP contribution in [0.15, 0.2) is 41.1 Å². The van der Waals surface area contributed by atoms with E-state index in [-0.39, 0.29) is 6.10 Å². The fourth-order valence-electron chi connectivity index (χ4n) is 6.34. The minimum Gasteiger partial charge on any atom is -0.460 e. The topological polar surface area (TPSA) is 97.5 Å². The molecule has 4 aromatic rings. The summed E-state index contributed by atoms with van der Waals surface area (Å²) in [7, 11) is 2.16. The number of aryl methyl sites for hydroxylation is 2. The fraction of sp³-hybridized carbons (Fsp3) is 0.467. The highest BCUT2D eigenvalue weighted by Crippen LogP contribution is 2.38. The molecule has 0 amide bonds. The van der Waals surface area contributed by atoms with E-state index in [0.29, 0.717) is 15.8 Å². The lowest BCUT2D eigenvalue weighted by Gasteiger charge is -2.35. The number of esters is 1. The average Bonchev–Trinajstić information content (AvgIpc) is 3.79. The van der Waals surface area contributed by atoms with Crippen LogP contribution in [0.25, 0.3) is 11.0 Å². The minimum atomic E-state index is -1.75. The molecule has 0 bridgehead atoms. The van der Waals surface area contributed by atoms with Gasteiger partial charge in [0.05, 0.1) is 15.3 Å². The van der Waals surface area contributed by atoms with Crippen LogP contribution < -0.4 is 0 Å². The second kappa shape index (κ2) is 11.5. The van der Waals surface area contributed by atoms with E-state index in [1.165, 1.54) is 33.8 Å². The highest BCUT2D eigenvalue weighted by molar-refractivity contribution is 7.12. The summed E-state index contributed by atoms with van der Waals surface area (Å²) in [5.41, 5.74) is 3.33. The Kier molecular flexibility index (Phi) is 7.85. The first kappa shape index (κ1) is 27.3. The molecule has 1 aromatic carbocycles. The van der Waals surface area contributed by atoms with Crippen LogP contribution in [-0.2, 0) is 34.5 Å². The molecule has 0 saturated heterocycles. The Labute approximate surface area is 241 Å². The number of rotatable bonds is 10. The lowest BCUT2D eigenvalue weighted by atomic mass is 9.91. The van der Waals surface area contributed by atoms with E-state index < -0.39 is 11.6 Å². The van der Waals surface area contributed by atoms with Gasteiger partial charge in [-0.1, -0.05) is 17.3 Å². The van der Waals surface area contributed by atoms with Crippen molar-refractivity contribution in [2.75, 3.05) is 13.6 Å². The molecule has 3 aromatic heterocycles. The zero-order valence-corrected chi connectivity index (χ0v) is 24.3. The van der Waals surface area contributed by atoms with Gasteiger partial charge in [-0.05, 0) is 105 Å². The summed E-state index contributed by atoms with van der Waals surface area (Å²) < 4.78 is 7.94. The van der Waals surface area contributed by atoms with Crippen molar-refractivity contribution < 1.29 is 19.4 Å². The Hall–Kier alpha value is -2.92. The maximum absolute atomic E-state index is 13.3. The molecule has 2 aliphatic carbocycles. The predicted octanol–water partition coefficient (Wildman–Crippen LogP) is 4.97. The maximum atomic E-state index is 13.3. The lowest BCUT2D eigenvalue weighted by molar-refractivity contribution is -0.169. The Morgan fingerprint density at radius 1 is 1.15 bits per heavy atom. The van der Waals surface area contributed by atoms with Gasteiger partial charge < -0.3 is 14.7 Å². The van der Waals surface area contributed by atoms with Gasteiger partial charge in [-0.25, -0.2) is 9.48 Å². The van der Waals surface area contributed by atoms with Crippen LogP contribution in [0, 0.1) is 0 Å². The molecule has 3 heterocycles. The van der Waals surface area contributed by atoms with Crippen LogP contribution in [0.4, 0.5) is 0 Å². The number of benzene rings is 1. The Morgan fingerprint density at radius 2 is 1.85 bits per heavy atom. The molecule has 1 fully saturated rings. The smallest absolute Gasteiger partial charge is 0.349 e. The first-order valence-electron chi connectivity index (χ1n) is 14.0. The largest absolute Gasteiger partial charge is 0.460 e. The van der Waals surface area contributed by atoms with Crippen molar-refractivity contribution in [2.45, 2.75) is 75.7 Å². The van der Waals surface area contributed by atoms with E-state index in [1.54, 1.807) is 12.1 Å². The van der Waals surface area contributed by atoms with Crippen LogP contribution in [0.3, 0.4) is 0 Å². The third kappa shape index (κ3) is 5.02. The number of aliphatic hydroxyl groups is 1. The summed E-state index contributed by atoms with van der Waals surface area (Å²) in [6.07, 6.45) is 8.15. The number of nitrogens with zero attached hydrogens (tertiary/aromatic N) is 4. The van der Waals surface area contributed by atoms with E-state index in [0.717, 1.165) is 87.3 Å². The molecule has 6 rings (SSSR count). The van der Waals surface area contributed by atoms with E-state index in [4.69, 9.17) is 4.74 Å². The van der Waals surface area contributed by atoms with Gasteiger partial charge in [-0.3, -0.25) is 4.79 Å². The third-order valence-electron chi connectivity index (χ3n) is 8.50. The van der Waals surface area contributed by atoms with Gasteiger partial charge in [0.2, 0.25) is 5.60 Å². The van der Waals surface area contributed by atoms with Crippen LogP contribution in [0.5, 0.6) is 0 Å². The number of hydrogen-bond acceptors (Lipinski definition) is 9. The second-order valence-electron chi connectivity index (χ2n) is 10.9. The Balaban J connectivity index is 1.02. The standard InChI is InChI=1S/C30H34N4O4S2/c1-33(14-5-15-34-28-24-7-2-6-23(24)20(19-35)18-25(28)31-32-34)21-10-12-22(13-11-21)38-29(36)30(37,26-8-3-16-39-26)27-9-4-17-40-27/h3-4,8-9,16-19,21-22,37H,2,5-7,10-15H2,1H3. The lowest BCUT2D eigenvalue weighted by Crippen LogP contribution is -2.42. The van der Waals surface area contributed by atoms with E-state index in [1.807, 2.05) is 33.6 Å². The van der Waals surface area contributed by atoms with Gasteiger partial charge >= 0.3 is 5.97 Å². The highest BCUT2D eigenvalue weighted by Gasteiger charge is 2.45. The monoisotopic (exact) mass is 578 g/mol. The highest BCUT2D eigenvalue weighted by atomic mass is 32.1. The Bertz CT molecular complexity index is 1440. The molecule has 210 valence electrons. The van der Waals surface area contributed by atoms with Gasteiger partial charge in [0.1, 0.15) is 17.9 Å². The second-order valence-corrected chi connectivity index (χ2v) is 12.8. The average molecular weight is 579 g/mol. The van der Waals surface area contributed by atoms with Crippen molar-refractivity contribution in [1.82, 2.24) is 19.9 Å². The van der Waals surface area contributed by atoms with Crippen molar-refractivity contribution in [3.63, 3.8) is 0 Å². The molecule has 0 spiro atoms. The molecular formula is C30H34N4O4S2. The van der Waals surface area contributed by atoms with Gasteiger partial charge in [0, 0.05) is 18.2 Å². The number of carbonyl (C=O) groups excluding carboxylic acids is 2.